The smallest absolute Gasteiger partial charge is 0.286 e. The van der Waals surface area contributed by atoms with Crippen molar-refractivity contribution in [1.82, 2.24) is 15.1 Å². The van der Waals surface area contributed by atoms with Gasteiger partial charge in [0.15, 0.2) is 0 Å². The number of nitrogens with one attached hydrogen (secondary N) is 2. The number of hydrogen-bond donors (Lipinski definition) is 2. The number of carbonyl (C=O) groups is 1. The number of anilines is 1. The summed E-state index contributed by atoms with van der Waals surface area (Å²) in [5.41, 5.74) is 2.51. The summed E-state index contributed by atoms with van der Waals surface area (Å²) in [6.45, 7) is 1.84. The van der Waals surface area contributed by atoms with Crippen molar-refractivity contribution in [1.29, 1.82) is 0 Å². The molecule has 0 spiro atoms. The molecule has 0 atom stereocenters. The number of carbonyl (C=O) groups excluding carboxylic acids is 1. The topological polar surface area (TPSA) is 105 Å². The Labute approximate surface area is 162 Å². The highest BCUT2D eigenvalue weighted by molar-refractivity contribution is 7.90. The van der Waals surface area contributed by atoms with E-state index >= 15 is 0 Å². The fourth-order valence-electron chi connectivity index (χ4n) is 2.86. The molecule has 0 aliphatic carbocycles. The molecule has 1 aliphatic heterocycles. The minimum Gasteiger partial charge on any atom is -0.345 e. The molecule has 9 heteroatoms. The summed E-state index contributed by atoms with van der Waals surface area (Å²) in [5.74, 6) is -0.183. The number of nitrogens with zero attached hydrogens (tertiary/aromatic N) is 3. The molecule has 4 rings (SSSR count). The van der Waals surface area contributed by atoms with E-state index in [1.54, 1.807) is 41.1 Å². The lowest BCUT2D eigenvalue weighted by Gasteiger charge is -2.18. The van der Waals surface area contributed by atoms with Crippen LogP contribution in [0.4, 0.5) is 5.69 Å². The van der Waals surface area contributed by atoms with Crippen LogP contribution in [0.3, 0.4) is 0 Å². The van der Waals surface area contributed by atoms with Gasteiger partial charge >= 0.3 is 0 Å². The summed E-state index contributed by atoms with van der Waals surface area (Å²) in [7, 11) is -3.78. The molecule has 2 aromatic carbocycles. The maximum atomic E-state index is 12.5. The average molecular weight is 395 g/mol. The van der Waals surface area contributed by atoms with Crippen LogP contribution in [-0.2, 0) is 10.0 Å². The van der Waals surface area contributed by atoms with E-state index < -0.39 is 10.0 Å². The zero-order chi connectivity index (χ0) is 19.7. The van der Waals surface area contributed by atoms with Crippen LogP contribution in [-0.4, -0.2) is 36.5 Å². The maximum Gasteiger partial charge on any atom is 0.286 e. The SMILES string of the molecule is Cc1ccn(-c2cccc(C(=O)NCC3=NS(=O)(=O)c4ccccc4N3)c2)n1. The highest BCUT2D eigenvalue weighted by atomic mass is 32.2. The molecule has 8 nitrogen and oxygen atoms in total. The average Bonchev–Trinajstić information content (AvgIpc) is 3.12. The molecule has 1 aliphatic rings. The largest absolute Gasteiger partial charge is 0.345 e. The van der Waals surface area contributed by atoms with Gasteiger partial charge in [0.25, 0.3) is 15.9 Å². The van der Waals surface area contributed by atoms with Crippen LogP contribution < -0.4 is 10.6 Å². The van der Waals surface area contributed by atoms with E-state index in [2.05, 4.69) is 20.1 Å². The molecule has 3 aromatic rings. The Morgan fingerprint density at radius 2 is 1.96 bits per heavy atom. The number of para-hydroxylation sites is 1. The molecule has 0 bridgehead atoms. The molecule has 1 aromatic heterocycles. The van der Waals surface area contributed by atoms with Crippen LogP contribution in [0.25, 0.3) is 5.69 Å². The van der Waals surface area contributed by atoms with Gasteiger partial charge in [-0.25, -0.2) is 4.68 Å². The van der Waals surface area contributed by atoms with Crippen molar-refractivity contribution >= 4 is 27.5 Å². The van der Waals surface area contributed by atoms with Crippen LogP contribution in [0.5, 0.6) is 0 Å². The zero-order valence-electron chi connectivity index (χ0n) is 15.0. The molecule has 0 unspecified atom stereocenters. The second-order valence-corrected chi connectivity index (χ2v) is 7.84. The lowest BCUT2D eigenvalue weighted by molar-refractivity contribution is 0.0959. The van der Waals surface area contributed by atoms with Crippen LogP contribution >= 0.6 is 0 Å². The first-order chi connectivity index (χ1) is 13.4. The van der Waals surface area contributed by atoms with Crippen molar-refractivity contribution in [3.05, 3.63) is 72.1 Å². The molecular formula is C19H17N5O3S. The Kier molecular flexibility index (Phi) is 4.44. The van der Waals surface area contributed by atoms with E-state index in [0.29, 0.717) is 11.3 Å². The normalized spacial score (nSPS) is 14.5. The first-order valence-corrected chi connectivity index (χ1v) is 9.97. The maximum absolute atomic E-state index is 12.5. The first kappa shape index (κ1) is 17.9. The van der Waals surface area contributed by atoms with Gasteiger partial charge in [-0.2, -0.15) is 13.5 Å². The molecule has 28 heavy (non-hydrogen) atoms. The van der Waals surface area contributed by atoms with Crippen molar-refractivity contribution in [2.45, 2.75) is 11.8 Å². The van der Waals surface area contributed by atoms with Gasteiger partial charge < -0.3 is 10.6 Å². The second kappa shape index (κ2) is 6.93. The number of sulfonamides is 1. The summed E-state index contributed by atoms with van der Waals surface area (Å²) >= 11 is 0. The molecule has 0 fully saturated rings. The number of amidine groups is 1. The first-order valence-electron chi connectivity index (χ1n) is 8.53. The summed E-state index contributed by atoms with van der Waals surface area (Å²) in [6.07, 6.45) is 1.81. The summed E-state index contributed by atoms with van der Waals surface area (Å²) in [5, 5.41) is 9.96. The Hall–Kier alpha value is -3.46. The number of amides is 1. The third-order valence-corrected chi connectivity index (χ3v) is 5.56. The lowest BCUT2D eigenvalue weighted by atomic mass is 10.2. The molecule has 142 valence electrons. The zero-order valence-corrected chi connectivity index (χ0v) is 15.8. The van der Waals surface area contributed by atoms with Crippen LogP contribution in [0.15, 0.2) is 70.1 Å². The van der Waals surface area contributed by atoms with E-state index in [-0.39, 0.29) is 23.2 Å². The van der Waals surface area contributed by atoms with Gasteiger partial charge in [-0.3, -0.25) is 4.79 Å². The van der Waals surface area contributed by atoms with E-state index in [9.17, 15) is 13.2 Å². The minimum atomic E-state index is -3.78. The van der Waals surface area contributed by atoms with Gasteiger partial charge in [-0.1, -0.05) is 18.2 Å². The van der Waals surface area contributed by atoms with E-state index in [4.69, 9.17) is 0 Å². The summed E-state index contributed by atoms with van der Waals surface area (Å²) in [4.78, 5) is 12.6. The van der Waals surface area contributed by atoms with Gasteiger partial charge in [-0.05, 0) is 43.3 Å². The highest BCUT2D eigenvalue weighted by Gasteiger charge is 2.24. The van der Waals surface area contributed by atoms with Gasteiger partial charge in [0.1, 0.15) is 10.7 Å². The molecule has 0 saturated carbocycles. The van der Waals surface area contributed by atoms with Gasteiger partial charge in [0.05, 0.1) is 23.6 Å². The van der Waals surface area contributed by atoms with Gasteiger partial charge in [0.2, 0.25) is 0 Å². The van der Waals surface area contributed by atoms with E-state index in [0.717, 1.165) is 11.4 Å². The van der Waals surface area contributed by atoms with Gasteiger partial charge in [-0.15, -0.1) is 4.40 Å². The summed E-state index contributed by atoms with van der Waals surface area (Å²) in [6, 6.07) is 15.4. The molecule has 0 saturated heterocycles. The second-order valence-electron chi connectivity index (χ2n) is 6.27. The molecular weight excluding hydrogens is 378 g/mol. The predicted molar refractivity (Wildman–Crippen MR) is 105 cm³/mol. The molecule has 2 heterocycles. The molecule has 2 N–H and O–H groups in total. The van der Waals surface area contributed by atoms with Crippen molar-refractivity contribution in [3.63, 3.8) is 0 Å². The quantitative estimate of drug-likeness (QED) is 0.704. The van der Waals surface area contributed by atoms with Crippen molar-refractivity contribution in [3.8, 4) is 5.69 Å². The number of fused-ring (bicyclic) bond motifs is 1. The minimum absolute atomic E-state index is 0.0441. The standard InChI is InChI=1S/C19H17N5O3S/c1-13-9-10-24(22-13)15-6-4-5-14(11-15)19(25)20-12-18-21-16-7-2-3-8-17(16)28(26,27)23-18/h2-11H,12H2,1H3,(H,20,25)(H,21,23). The predicted octanol–water partition coefficient (Wildman–Crippen LogP) is 2.12. The molecule has 1 amide bonds. The Morgan fingerprint density at radius 1 is 1.14 bits per heavy atom. The number of benzene rings is 2. The van der Waals surface area contributed by atoms with Gasteiger partial charge in [0, 0.05) is 11.8 Å². The van der Waals surface area contributed by atoms with E-state index in [1.807, 2.05) is 25.3 Å². The number of rotatable bonds is 4. The number of aryl methyl sites for hydroxylation is 1. The fraction of sp³-hybridized carbons (Fsp3) is 0.105. The van der Waals surface area contributed by atoms with Crippen molar-refractivity contribution < 1.29 is 13.2 Å². The van der Waals surface area contributed by atoms with Crippen molar-refractivity contribution in [2.24, 2.45) is 4.40 Å². The third-order valence-electron chi connectivity index (χ3n) is 4.19. The Bertz CT molecular complexity index is 1200. The van der Waals surface area contributed by atoms with Crippen LogP contribution in [0.1, 0.15) is 16.1 Å². The number of aromatic nitrogens is 2. The number of hydrogen-bond acceptors (Lipinski definition) is 5. The van der Waals surface area contributed by atoms with Crippen LogP contribution in [0.2, 0.25) is 0 Å². The Morgan fingerprint density at radius 3 is 2.75 bits per heavy atom. The van der Waals surface area contributed by atoms with Crippen LogP contribution in [0, 0.1) is 6.92 Å². The lowest BCUT2D eigenvalue weighted by Crippen LogP contribution is -2.35. The molecule has 0 radical (unpaired) electrons. The fourth-order valence-corrected chi connectivity index (χ4v) is 4.00. The van der Waals surface area contributed by atoms with E-state index in [1.165, 1.54) is 6.07 Å². The van der Waals surface area contributed by atoms with Crippen molar-refractivity contribution in [2.75, 3.05) is 11.9 Å². The third kappa shape index (κ3) is 3.52. The Balaban J connectivity index is 1.49. The monoisotopic (exact) mass is 395 g/mol. The highest BCUT2D eigenvalue weighted by Crippen LogP contribution is 2.26. The summed E-state index contributed by atoms with van der Waals surface area (Å²) < 4.78 is 29.9.